The van der Waals surface area contributed by atoms with Crippen molar-refractivity contribution >= 4 is 23.0 Å². The van der Waals surface area contributed by atoms with Crippen LogP contribution >= 0.6 is 11.6 Å². The zero-order chi connectivity index (χ0) is 15.5. The lowest BCUT2D eigenvalue weighted by Crippen LogP contribution is -2.19. The molecule has 0 aliphatic carbocycles. The Balaban J connectivity index is 2.01. The first-order chi connectivity index (χ1) is 10.7. The van der Waals surface area contributed by atoms with Gasteiger partial charge in [-0.3, -0.25) is 5.01 Å². The second-order valence-electron chi connectivity index (χ2n) is 5.16. The van der Waals surface area contributed by atoms with Gasteiger partial charge in [0.25, 0.3) is 0 Å². The number of nitrogens with two attached hydrogens (primary N) is 1. The Hall–Kier alpha value is -2.04. The quantitative estimate of drug-likeness (QED) is 0.937. The number of methoxy groups -OCH3 is 1. The van der Waals surface area contributed by atoms with Crippen LogP contribution in [0.5, 0.6) is 5.75 Å². The van der Waals surface area contributed by atoms with E-state index in [1.807, 2.05) is 53.5 Å². The molecule has 2 aromatic rings. The summed E-state index contributed by atoms with van der Waals surface area (Å²) in [5.74, 6) is 0.795. The van der Waals surface area contributed by atoms with E-state index < -0.39 is 0 Å². The van der Waals surface area contributed by atoms with Crippen LogP contribution in [0.25, 0.3) is 0 Å². The van der Waals surface area contributed by atoms with Crippen LogP contribution in [0.15, 0.2) is 53.6 Å². The molecule has 3 rings (SSSR count). The van der Waals surface area contributed by atoms with Gasteiger partial charge in [-0.25, -0.2) is 0 Å². The number of halogens is 1. The molecule has 0 saturated heterocycles. The predicted octanol–water partition coefficient (Wildman–Crippen LogP) is 3.61. The van der Waals surface area contributed by atoms with Crippen LogP contribution in [-0.2, 0) is 0 Å². The van der Waals surface area contributed by atoms with E-state index >= 15 is 0 Å². The molecule has 0 amide bonds. The Morgan fingerprint density at radius 3 is 2.64 bits per heavy atom. The van der Waals surface area contributed by atoms with Crippen molar-refractivity contribution in [3.8, 4) is 5.75 Å². The summed E-state index contributed by atoms with van der Waals surface area (Å²) in [5, 5.41) is 7.40. The fourth-order valence-electron chi connectivity index (χ4n) is 2.68. The molecule has 1 heterocycles. The van der Waals surface area contributed by atoms with Gasteiger partial charge in [-0.1, -0.05) is 35.9 Å². The molecule has 1 aliphatic heterocycles. The first-order valence-corrected chi connectivity index (χ1v) is 7.55. The number of rotatable bonds is 4. The number of ether oxygens (including phenoxy) is 1. The molecule has 1 aliphatic rings. The zero-order valence-corrected chi connectivity index (χ0v) is 13.1. The second kappa shape index (κ2) is 6.38. The van der Waals surface area contributed by atoms with Gasteiger partial charge >= 0.3 is 0 Å². The first-order valence-electron chi connectivity index (χ1n) is 7.17. The molecule has 2 aromatic carbocycles. The van der Waals surface area contributed by atoms with E-state index in [1.54, 1.807) is 7.11 Å². The molecule has 2 N–H and O–H groups in total. The molecule has 1 atom stereocenters. The van der Waals surface area contributed by atoms with Gasteiger partial charge in [0.05, 0.1) is 18.9 Å². The lowest BCUT2D eigenvalue weighted by Gasteiger charge is -2.25. The third kappa shape index (κ3) is 2.80. The van der Waals surface area contributed by atoms with Crippen LogP contribution in [0.1, 0.15) is 18.0 Å². The number of para-hydroxylation sites is 2. The van der Waals surface area contributed by atoms with Gasteiger partial charge in [-0.2, -0.15) is 5.10 Å². The van der Waals surface area contributed by atoms with Gasteiger partial charge in [-0.15, -0.1) is 0 Å². The molecule has 0 radical (unpaired) electrons. The lowest BCUT2D eigenvalue weighted by atomic mass is 10.0. The van der Waals surface area contributed by atoms with E-state index in [9.17, 15) is 0 Å². The standard InChI is InChI=1S/C17H18ClN3O/c1-22-17-5-3-2-4-15(17)21-16(10-14(11-19)20-21)12-6-8-13(18)9-7-12/h2-9,16H,10-11,19H2,1H3. The molecule has 0 bridgehead atoms. The van der Waals surface area contributed by atoms with Crippen LogP contribution in [-0.4, -0.2) is 19.4 Å². The van der Waals surface area contributed by atoms with Crippen LogP contribution in [0, 0.1) is 0 Å². The van der Waals surface area contributed by atoms with E-state index in [0.717, 1.165) is 34.2 Å². The van der Waals surface area contributed by atoms with Gasteiger partial charge in [0, 0.05) is 18.0 Å². The third-order valence-corrected chi connectivity index (χ3v) is 4.05. The normalized spacial score (nSPS) is 17.5. The molecule has 0 spiro atoms. The summed E-state index contributed by atoms with van der Waals surface area (Å²) in [6.45, 7) is 0.454. The Labute approximate surface area is 135 Å². The molecule has 5 heteroatoms. The highest BCUT2D eigenvalue weighted by atomic mass is 35.5. The first kappa shape index (κ1) is 14.9. The number of benzene rings is 2. The van der Waals surface area contributed by atoms with Crippen molar-refractivity contribution in [1.82, 2.24) is 0 Å². The maximum absolute atomic E-state index is 5.99. The highest BCUT2D eigenvalue weighted by molar-refractivity contribution is 6.30. The summed E-state index contributed by atoms with van der Waals surface area (Å²) in [5.41, 5.74) is 8.87. The summed E-state index contributed by atoms with van der Waals surface area (Å²) in [4.78, 5) is 0. The Bertz CT molecular complexity index is 685. The molecule has 4 nitrogen and oxygen atoms in total. The van der Waals surface area contributed by atoms with Crippen molar-refractivity contribution < 1.29 is 4.74 Å². The summed E-state index contributed by atoms with van der Waals surface area (Å²) < 4.78 is 5.47. The SMILES string of the molecule is COc1ccccc1N1N=C(CN)CC1c1ccc(Cl)cc1. The van der Waals surface area contributed by atoms with Gasteiger partial charge in [-0.05, 0) is 29.8 Å². The molecule has 0 fully saturated rings. The Kier molecular flexibility index (Phi) is 4.32. The minimum atomic E-state index is 0.104. The highest BCUT2D eigenvalue weighted by Gasteiger charge is 2.30. The average Bonchev–Trinajstić information content (AvgIpc) is 2.99. The van der Waals surface area contributed by atoms with E-state index in [0.29, 0.717) is 6.54 Å². The minimum absolute atomic E-state index is 0.104. The third-order valence-electron chi connectivity index (χ3n) is 3.80. The summed E-state index contributed by atoms with van der Waals surface area (Å²) in [6, 6.07) is 15.8. The number of nitrogens with zero attached hydrogens (tertiary/aromatic N) is 2. The molecule has 114 valence electrons. The molecule has 22 heavy (non-hydrogen) atoms. The van der Waals surface area contributed by atoms with Gasteiger partial charge < -0.3 is 10.5 Å². The fourth-order valence-corrected chi connectivity index (χ4v) is 2.81. The van der Waals surface area contributed by atoms with Crippen LogP contribution in [0.2, 0.25) is 5.02 Å². The van der Waals surface area contributed by atoms with Gasteiger partial charge in [0.2, 0.25) is 0 Å². The van der Waals surface area contributed by atoms with E-state index in [2.05, 4.69) is 5.10 Å². The van der Waals surface area contributed by atoms with Crippen LogP contribution < -0.4 is 15.5 Å². The molecule has 1 unspecified atom stereocenters. The lowest BCUT2D eigenvalue weighted by molar-refractivity contribution is 0.413. The van der Waals surface area contributed by atoms with Gasteiger partial charge in [0.15, 0.2) is 0 Å². The zero-order valence-electron chi connectivity index (χ0n) is 12.4. The maximum Gasteiger partial charge on any atom is 0.144 e. The summed E-state index contributed by atoms with van der Waals surface area (Å²) in [7, 11) is 1.67. The monoisotopic (exact) mass is 315 g/mol. The minimum Gasteiger partial charge on any atom is -0.495 e. The van der Waals surface area contributed by atoms with E-state index in [-0.39, 0.29) is 6.04 Å². The molecule has 0 saturated carbocycles. The average molecular weight is 316 g/mol. The second-order valence-corrected chi connectivity index (χ2v) is 5.59. The predicted molar refractivity (Wildman–Crippen MR) is 90.8 cm³/mol. The smallest absolute Gasteiger partial charge is 0.144 e. The van der Waals surface area contributed by atoms with E-state index in [1.165, 1.54) is 0 Å². The van der Waals surface area contributed by atoms with Crippen molar-refractivity contribution in [2.45, 2.75) is 12.5 Å². The van der Waals surface area contributed by atoms with Crippen molar-refractivity contribution in [3.63, 3.8) is 0 Å². The van der Waals surface area contributed by atoms with Crippen molar-refractivity contribution in [2.75, 3.05) is 18.7 Å². The van der Waals surface area contributed by atoms with Crippen LogP contribution in [0.3, 0.4) is 0 Å². The number of hydrazone groups is 1. The number of hydrogen-bond acceptors (Lipinski definition) is 4. The van der Waals surface area contributed by atoms with E-state index in [4.69, 9.17) is 22.1 Å². The largest absolute Gasteiger partial charge is 0.495 e. The highest BCUT2D eigenvalue weighted by Crippen LogP contribution is 2.39. The number of hydrogen-bond donors (Lipinski definition) is 1. The van der Waals surface area contributed by atoms with Crippen molar-refractivity contribution in [3.05, 3.63) is 59.1 Å². The molecule has 0 aromatic heterocycles. The summed E-state index contributed by atoms with van der Waals surface area (Å²) in [6.07, 6.45) is 0.802. The maximum atomic E-state index is 5.99. The Morgan fingerprint density at radius 1 is 1.23 bits per heavy atom. The van der Waals surface area contributed by atoms with Gasteiger partial charge in [0.1, 0.15) is 11.4 Å². The van der Waals surface area contributed by atoms with Crippen molar-refractivity contribution in [1.29, 1.82) is 0 Å². The topological polar surface area (TPSA) is 50.8 Å². The molecular formula is C17H18ClN3O. The number of anilines is 1. The fraction of sp³-hybridized carbons (Fsp3) is 0.235. The van der Waals surface area contributed by atoms with Crippen molar-refractivity contribution in [2.24, 2.45) is 10.8 Å². The Morgan fingerprint density at radius 2 is 1.95 bits per heavy atom. The summed E-state index contributed by atoms with van der Waals surface area (Å²) >= 11 is 5.99. The van der Waals surface area contributed by atoms with Crippen LogP contribution in [0.4, 0.5) is 5.69 Å². The molecular weight excluding hydrogens is 298 g/mol.